The number of rotatable bonds is 5. The molecule has 0 unspecified atom stereocenters. The predicted molar refractivity (Wildman–Crippen MR) is 98.8 cm³/mol. The average molecular weight is 368 g/mol. The molecule has 8 nitrogen and oxygen atoms in total. The molecule has 0 aliphatic carbocycles. The SMILES string of the molecule is CCOc1cc(N2CCNCC2)c(-c2cnn(C)c2)cc1[N+](=O)[O-].Cl. The van der Waals surface area contributed by atoms with Crippen molar-refractivity contribution in [3.63, 3.8) is 0 Å². The Morgan fingerprint density at radius 1 is 1.36 bits per heavy atom. The molecule has 1 aliphatic heterocycles. The van der Waals surface area contributed by atoms with Crippen LogP contribution in [0.25, 0.3) is 11.1 Å². The molecule has 1 aromatic heterocycles. The van der Waals surface area contributed by atoms with Gasteiger partial charge < -0.3 is 15.0 Å². The monoisotopic (exact) mass is 367 g/mol. The van der Waals surface area contributed by atoms with Crippen molar-refractivity contribution >= 4 is 23.8 Å². The molecule has 0 bridgehead atoms. The number of hydrogen-bond donors (Lipinski definition) is 1. The topological polar surface area (TPSA) is 85.5 Å². The van der Waals surface area contributed by atoms with Crippen molar-refractivity contribution in [1.82, 2.24) is 15.1 Å². The molecule has 1 saturated heterocycles. The molecule has 0 amide bonds. The Hall–Kier alpha value is -2.32. The van der Waals surface area contributed by atoms with Crippen LogP contribution in [-0.2, 0) is 7.05 Å². The van der Waals surface area contributed by atoms with Gasteiger partial charge in [-0.05, 0) is 6.92 Å². The van der Waals surface area contributed by atoms with E-state index in [9.17, 15) is 10.1 Å². The second-order valence-corrected chi connectivity index (χ2v) is 5.67. The first-order valence-electron chi connectivity index (χ1n) is 8.00. The van der Waals surface area contributed by atoms with Gasteiger partial charge in [0.1, 0.15) is 0 Å². The van der Waals surface area contributed by atoms with Gasteiger partial charge in [-0.2, -0.15) is 5.10 Å². The van der Waals surface area contributed by atoms with Crippen molar-refractivity contribution in [3.8, 4) is 16.9 Å². The van der Waals surface area contributed by atoms with Crippen LogP contribution in [0.1, 0.15) is 6.92 Å². The minimum absolute atomic E-state index is 0. The number of aryl methyl sites for hydroxylation is 1. The smallest absolute Gasteiger partial charge is 0.311 e. The number of benzene rings is 1. The zero-order valence-electron chi connectivity index (χ0n) is 14.3. The molecule has 1 fully saturated rings. The molecule has 136 valence electrons. The summed E-state index contributed by atoms with van der Waals surface area (Å²) in [7, 11) is 1.83. The standard InChI is InChI=1S/C16H21N5O3.ClH/c1-3-24-16-9-14(20-6-4-17-5-7-20)13(8-15(16)21(22)23)12-10-18-19(2)11-12;/h8-11,17H,3-7H2,1-2H3;1H. The highest BCUT2D eigenvalue weighted by Gasteiger charge is 2.24. The van der Waals surface area contributed by atoms with Crippen molar-refractivity contribution in [3.05, 3.63) is 34.6 Å². The van der Waals surface area contributed by atoms with E-state index in [-0.39, 0.29) is 18.1 Å². The maximum absolute atomic E-state index is 11.5. The van der Waals surface area contributed by atoms with Crippen molar-refractivity contribution in [1.29, 1.82) is 0 Å². The lowest BCUT2D eigenvalue weighted by Gasteiger charge is -2.31. The van der Waals surface area contributed by atoms with Crippen molar-refractivity contribution in [2.45, 2.75) is 6.92 Å². The van der Waals surface area contributed by atoms with E-state index in [0.717, 1.165) is 43.0 Å². The maximum atomic E-state index is 11.5. The van der Waals surface area contributed by atoms with Gasteiger partial charge >= 0.3 is 5.69 Å². The van der Waals surface area contributed by atoms with Gasteiger partial charge in [-0.3, -0.25) is 14.8 Å². The van der Waals surface area contributed by atoms with Crippen LogP contribution in [0, 0.1) is 10.1 Å². The average Bonchev–Trinajstić information content (AvgIpc) is 3.01. The van der Waals surface area contributed by atoms with Crippen molar-refractivity contribution in [2.75, 3.05) is 37.7 Å². The Morgan fingerprint density at radius 3 is 2.64 bits per heavy atom. The second-order valence-electron chi connectivity index (χ2n) is 5.67. The van der Waals surface area contributed by atoms with Crippen LogP contribution < -0.4 is 15.0 Å². The fraction of sp³-hybridized carbons (Fsp3) is 0.438. The van der Waals surface area contributed by atoms with Gasteiger partial charge in [0.15, 0.2) is 5.75 Å². The third kappa shape index (κ3) is 4.02. The molecule has 0 radical (unpaired) electrons. The maximum Gasteiger partial charge on any atom is 0.311 e. The molecule has 9 heteroatoms. The van der Waals surface area contributed by atoms with E-state index < -0.39 is 4.92 Å². The predicted octanol–water partition coefficient (Wildman–Crippen LogP) is 2.23. The Bertz CT molecular complexity index is 743. The zero-order chi connectivity index (χ0) is 17.1. The van der Waals surface area contributed by atoms with Gasteiger partial charge in [0, 0.05) is 68.4 Å². The van der Waals surface area contributed by atoms with Crippen LogP contribution in [0.4, 0.5) is 11.4 Å². The minimum Gasteiger partial charge on any atom is -0.487 e. The molecular formula is C16H22ClN5O3. The number of piperazine rings is 1. The van der Waals surface area contributed by atoms with Gasteiger partial charge in [0.2, 0.25) is 0 Å². The van der Waals surface area contributed by atoms with Crippen LogP contribution in [0.3, 0.4) is 0 Å². The lowest BCUT2D eigenvalue weighted by atomic mass is 10.0. The number of aromatic nitrogens is 2. The van der Waals surface area contributed by atoms with Gasteiger partial charge in [0.05, 0.1) is 17.7 Å². The summed E-state index contributed by atoms with van der Waals surface area (Å²) in [5.74, 6) is 0.309. The van der Waals surface area contributed by atoms with Gasteiger partial charge in [0.25, 0.3) is 0 Å². The Kier molecular flexibility index (Phi) is 6.22. The summed E-state index contributed by atoms with van der Waals surface area (Å²) >= 11 is 0. The highest BCUT2D eigenvalue weighted by Crippen LogP contribution is 2.40. The molecule has 2 heterocycles. The normalized spacial score (nSPS) is 14.1. The quantitative estimate of drug-likeness (QED) is 0.644. The second kappa shape index (κ2) is 8.17. The van der Waals surface area contributed by atoms with Crippen LogP contribution in [-0.4, -0.2) is 47.5 Å². The first kappa shape index (κ1) is 19.0. The van der Waals surface area contributed by atoms with Crippen molar-refractivity contribution in [2.24, 2.45) is 7.05 Å². The summed E-state index contributed by atoms with van der Waals surface area (Å²) in [4.78, 5) is 13.3. The van der Waals surface area contributed by atoms with E-state index in [1.165, 1.54) is 0 Å². The number of hydrogen-bond acceptors (Lipinski definition) is 6. The summed E-state index contributed by atoms with van der Waals surface area (Å²) in [5, 5.41) is 19.0. The number of anilines is 1. The Labute approximate surface area is 152 Å². The molecule has 2 aromatic rings. The van der Waals surface area contributed by atoms with E-state index in [4.69, 9.17) is 4.74 Å². The summed E-state index contributed by atoms with van der Waals surface area (Å²) in [6.07, 6.45) is 3.59. The van der Waals surface area contributed by atoms with Crippen LogP contribution >= 0.6 is 12.4 Å². The van der Waals surface area contributed by atoms with Crippen LogP contribution in [0.5, 0.6) is 5.75 Å². The molecule has 3 rings (SSSR count). The molecule has 0 saturated carbocycles. The minimum atomic E-state index is -0.396. The first-order valence-corrected chi connectivity index (χ1v) is 8.00. The van der Waals surface area contributed by atoms with E-state index in [2.05, 4.69) is 15.3 Å². The number of halogens is 1. The number of nitrogens with zero attached hydrogens (tertiary/aromatic N) is 4. The first-order chi connectivity index (χ1) is 11.6. The van der Waals surface area contributed by atoms with Crippen LogP contribution in [0.15, 0.2) is 24.5 Å². The van der Waals surface area contributed by atoms with Gasteiger partial charge in [-0.25, -0.2) is 0 Å². The lowest BCUT2D eigenvalue weighted by molar-refractivity contribution is -0.385. The summed E-state index contributed by atoms with van der Waals surface area (Å²) in [6.45, 7) is 5.66. The van der Waals surface area contributed by atoms with Gasteiger partial charge in [-0.1, -0.05) is 0 Å². The number of nitro benzene ring substituents is 1. The third-order valence-electron chi connectivity index (χ3n) is 4.05. The Morgan fingerprint density at radius 2 is 2.08 bits per heavy atom. The molecule has 25 heavy (non-hydrogen) atoms. The van der Waals surface area contributed by atoms with Crippen LogP contribution in [0.2, 0.25) is 0 Å². The van der Waals surface area contributed by atoms with E-state index in [1.807, 2.05) is 20.2 Å². The summed E-state index contributed by atoms with van der Waals surface area (Å²) in [6, 6.07) is 3.38. The zero-order valence-corrected chi connectivity index (χ0v) is 15.1. The lowest BCUT2D eigenvalue weighted by Crippen LogP contribution is -2.43. The largest absolute Gasteiger partial charge is 0.487 e. The number of nitro groups is 1. The third-order valence-corrected chi connectivity index (χ3v) is 4.05. The fourth-order valence-electron chi connectivity index (χ4n) is 2.93. The van der Waals surface area contributed by atoms with Crippen molar-refractivity contribution < 1.29 is 9.66 Å². The summed E-state index contributed by atoms with van der Waals surface area (Å²) in [5.41, 5.74) is 2.59. The molecule has 0 spiro atoms. The Balaban J connectivity index is 0.00000225. The highest BCUT2D eigenvalue weighted by molar-refractivity contribution is 5.85. The molecule has 1 aliphatic rings. The number of nitrogens with one attached hydrogen (secondary N) is 1. The van der Waals surface area contributed by atoms with E-state index in [1.54, 1.807) is 23.0 Å². The highest BCUT2D eigenvalue weighted by atomic mass is 35.5. The summed E-state index contributed by atoms with van der Waals surface area (Å²) < 4.78 is 7.21. The molecule has 1 aromatic carbocycles. The number of ether oxygens (including phenoxy) is 1. The fourth-order valence-corrected chi connectivity index (χ4v) is 2.93. The van der Waals surface area contributed by atoms with Gasteiger partial charge in [-0.15, -0.1) is 12.4 Å². The molecule has 1 N–H and O–H groups in total. The van der Waals surface area contributed by atoms with E-state index >= 15 is 0 Å². The van der Waals surface area contributed by atoms with E-state index in [0.29, 0.717) is 12.4 Å². The molecule has 0 atom stereocenters. The molecular weight excluding hydrogens is 346 g/mol.